The molecule has 1 aromatic carbocycles. The number of fused-ring (bicyclic) bond motifs is 1. The fourth-order valence-electron chi connectivity index (χ4n) is 2.58. The van der Waals surface area contributed by atoms with Crippen molar-refractivity contribution in [3.8, 4) is 5.75 Å². The molecule has 1 atom stereocenters. The van der Waals surface area contributed by atoms with Crippen LogP contribution < -0.4 is 15.0 Å². The molecule has 1 unspecified atom stereocenters. The monoisotopic (exact) mass is 310 g/mol. The summed E-state index contributed by atoms with van der Waals surface area (Å²) in [6.45, 7) is 6.04. The van der Waals surface area contributed by atoms with Crippen LogP contribution in [0, 0.1) is 12.8 Å². The van der Waals surface area contributed by atoms with Crippen molar-refractivity contribution in [1.29, 1.82) is 0 Å². The normalized spacial score (nSPS) is 20.3. The number of anilines is 1. The zero-order chi connectivity index (χ0) is 14.1. The molecule has 1 N–H and O–H groups in total. The molecular formula is C16H23ClN2O2. The molecule has 0 spiro atoms. The Bertz CT molecular complexity index is 517. The van der Waals surface area contributed by atoms with Crippen LogP contribution in [0.4, 0.5) is 5.69 Å². The summed E-state index contributed by atoms with van der Waals surface area (Å²) in [5.74, 6) is 1.74. The highest BCUT2D eigenvalue weighted by Crippen LogP contribution is 2.34. The van der Waals surface area contributed by atoms with Gasteiger partial charge in [-0.3, -0.25) is 4.79 Å². The highest BCUT2D eigenvalue weighted by molar-refractivity contribution is 5.96. The summed E-state index contributed by atoms with van der Waals surface area (Å²) in [6, 6.07) is 6.01. The van der Waals surface area contributed by atoms with Crippen LogP contribution in [0.25, 0.3) is 0 Å². The number of carbonyl (C=O) groups excluding carboxylic acids is 1. The van der Waals surface area contributed by atoms with Crippen LogP contribution in [0.5, 0.6) is 5.75 Å². The Morgan fingerprint density at radius 2 is 2.19 bits per heavy atom. The molecule has 1 heterocycles. The Labute approximate surface area is 132 Å². The van der Waals surface area contributed by atoms with E-state index >= 15 is 0 Å². The molecule has 1 amide bonds. The number of nitrogens with one attached hydrogen (secondary N) is 1. The van der Waals surface area contributed by atoms with Crippen molar-refractivity contribution in [2.24, 2.45) is 5.92 Å². The molecule has 116 valence electrons. The molecule has 2 aliphatic rings. The van der Waals surface area contributed by atoms with Crippen molar-refractivity contribution in [3.63, 3.8) is 0 Å². The van der Waals surface area contributed by atoms with Crippen LogP contribution >= 0.6 is 12.4 Å². The number of benzene rings is 1. The second-order valence-corrected chi connectivity index (χ2v) is 5.98. The number of hydrogen-bond donors (Lipinski definition) is 1. The van der Waals surface area contributed by atoms with E-state index in [0.717, 1.165) is 29.5 Å². The van der Waals surface area contributed by atoms with E-state index in [4.69, 9.17) is 4.74 Å². The molecule has 5 heteroatoms. The Morgan fingerprint density at radius 3 is 2.90 bits per heavy atom. The van der Waals surface area contributed by atoms with Gasteiger partial charge in [0.2, 0.25) is 5.91 Å². The zero-order valence-electron chi connectivity index (χ0n) is 12.6. The fraction of sp³-hybridized carbons (Fsp3) is 0.562. The summed E-state index contributed by atoms with van der Waals surface area (Å²) in [5, 5.41) is 3.27. The maximum atomic E-state index is 12.4. The van der Waals surface area contributed by atoms with Crippen LogP contribution in [-0.2, 0) is 4.79 Å². The molecule has 0 aromatic heterocycles. The van der Waals surface area contributed by atoms with Gasteiger partial charge < -0.3 is 15.0 Å². The van der Waals surface area contributed by atoms with Gasteiger partial charge in [0.25, 0.3) is 0 Å². The Hall–Kier alpha value is -1.26. The predicted octanol–water partition coefficient (Wildman–Crippen LogP) is 2.53. The van der Waals surface area contributed by atoms with Crippen molar-refractivity contribution in [2.75, 3.05) is 24.5 Å². The smallest absolute Gasteiger partial charge is 0.241 e. The lowest BCUT2D eigenvalue weighted by Gasteiger charge is -2.33. The topological polar surface area (TPSA) is 41.6 Å². The van der Waals surface area contributed by atoms with Gasteiger partial charge in [-0.05, 0) is 56.8 Å². The molecule has 1 aliphatic carbocycles. The fourth-order valence-corrected chi connectivity index (χ4v) is 2.58. The van der Waals surface area contributed by atoms with E-state index in [9.17, 15) is 4.79 Å². The minimum Gasteiger partial charge on any atom is -0.487 e. The van der Waals surface area contributed by atoms with Gasteiger partial charge in [0.15, 0.2) is 0 Å². The van der Waals surface area contributed by atoms with Crippen LogP contribution in [0.2, 0.25) is 0 Å². The van der Waals surface area contributed by atoms with E-state index < -0.39 is 0 Å². The van der Waals surface area contributed by atoms with Gasteiger partial charge in [-0.1, -0.05) is 6.07 Å². The van der Waals surface area contributed by atoms with Crippen LogP contribution in [0.15, 0.2) is 18.2 Å². The van der Waals surface area contributed by atoms with Gasteiger partial charge in [0, 0.05) is 0 Å². The molecule has 1 saturated carbocycles. The lowest BCUT2D eigenvalue weighted by molar-refractivity contribution is -0.118. The number of ether oxygens (including phenoxy) is 1. The van der Waals surface area contributed by atoms with E-state index in [-0.39, 0.29) is 24.4 Å². The standard InChI is InChI=1S/C16H22N2O2.ClH/c1-11-3-6-14-15(7-11)20-12(2)10-18(14)16(19)9-17-8-13-4-5-13;/h3,6-7,12-13,17H,4-5,8-10H2,1-2H3;1H. The Morgan fingerprint density at radius 1 is 1.43 bits per heavy atom. The Balaban J connectivity index is 0.00000161. The number of nitrogens with zero attached hydrogens (tertiary/aromatic N) is 1. The first kappa shape index (κ1) is 16.1. The average Bonchev–Trinajstić information content (AvgIpc) is 3.21. The van der Waals surface area contributed by atoms with Crippen LogP contribution in [0.1, 0.15) is 25.3 Å². The quantitative estimate of drug-likeness (QED) is 0.929. The number of rotatable bonds is 4. The van der Waals surface area contributed by atoms with Gasteiger partial charge in [0.05, 0.1) is 18.8 Å². The van der Waals surface area contributed by atoms with Crippen molar-refractivity contribution in [2.45, 2.75) is 32.8 Å². The summed E-state index contributed by atoms with van der Waals surface area (Å²) < 4.78 is 5.83. The average molecular weight is 311 g/mol. The van der Waals surface area contributed by atoms with Crippen molar-refractivity contribution >= 4 is 24.0 Å². The highest BCUT2D eigenvalue weighted by atomic mass is 35.5. The summed E-state index contributed by atoms with van der Waals surface area (Å²) in [4.78, 5) is 14.3. The van der Waals surface area contributed by atoms with Gasteiger partial charge in [0.1, 0.15) is 11.9 Å². The van der Waals surface area contributed by atoms with Crippen molar-refractivity contribution in [3.05, 3.63) is 23.8 Å². The van der Waals surface area contributed by atoms with Crippen molar-refractivity contribution < 1.29 is 9.53 Å². The van der Waals surface area contributed by atoms with Crippen molar-refractivity contribution in [1.82, 2.24) is 5.32 Å². The molecule has 1 aromatic rings. The summed E-state index contributed by atoms with van der Waals surface area (Å²) in [6.07, 6.45) is 2.65. The molecular weight excluding hydrogens is 288 g/mol. The first-order valence-corrected chi connectivity index (χ1v) is 7.42. The number of carbonyl (C=O) groups is 1. The molecule has 3 rings (SSSR count). The number of halogens is 1. The zero-order valence-corrected chi connectivity index (χ0v) is 13.4. The lowest BCUT2D eigenvalue weighted by atomic mass is 10.1. The summed E-state index contributed by atoms with van der Waals surface area (Å²) >= 11 is 0. The molecule has 21 heavy (non-hydrogen) atoms. The van der Waals surface area contributed by atoms with E-state index in [1.807, 2.05) is 36.9 Å². The predicted molar refractivity (Wildman–Crippen MR) is 86.5 cm³/mol. The number of hydrogen-bond acceptors (Lipinski definition) is 3. The molecule has 0 bridgehead atoms. The maximum absolute atomic E-state index is 12.4. The molecule has 0 radical (unpaired) electrons. The van der Waals surface area contributed by atoms with Gasteiger partial charge in [-0.2, -0.15) is 0 Å². The minimum atomic E-state index is 0. The summed E-state index contributed by atoms with van der Waals surface area (Å²) in [7, 11) is 0. The first-order chi connectivity index (χ1) is 9.63. The minimum absolute atomic E-state index is 0. The molecule has 1 aliphatic heterocycles. The van der Waals surface area contributed by atoms with Gasteiger partial charge in [-0.15, -0.1) is 12.4 Å². The SMILES string of the molecule is Cc1ccc2c(c1)OC(C)CN2C(=O)CNCC1CC1.Cl. The summed E-state index contributed by atoms with van der Waals surface area (Å²) in [5.41, 5.74) is 2.05. The largest absolute Gasteiger partial charge is 0.487 e. The van der Waals surface area contributed by atoms with E-state index in [1.165, 1.54) is 12.8 Å². The molecule has 1 fully saturated rings. The first-order valence-electron chi connectivity index (χ1n) is 7.42. The highest BCUT2D eigenvalue weighted by Gasteiger charge is 2.28. The number of amides is 1. The third kappa shape index (κ3) is 3.89. The van der Waals surface area contributed by atoms with Gasteiger partial charge >= 0.3 is 0 Å². The van der Waals surface area contributed by atoms with E-state index in [0.29, 0.717) is 13.1 Å². The van der Waals surface area contributed by atoms with Crippen LogP contribution in [0.3, 0.4) is 0 Å². The van der Waals surface area contributed by atoms with E-state index in [1.54, 1.807) is 0 Å². The van der Waals surface area contributed by atoms with E-state index in [2.05, 4.69) is 5.32 Å². The third-order valence-electron chi connectivity index (χ3n) is 3.88. The molecule has 4 nitrogen and oxygen atoms in total. The maximum Gasteiger partial charge on any atom is 0.241 e. The third-order valence-corrected chi connectivity index (χ3v) is 3.88. The van der Waals surface area contributed by atoms with Crippen LogP contribution in [-0.4, -0.2) is 31.6 Å². The molecule has 0 saturated heterocycles. The second kappa shape index (κ2) is 6.67. The number of aryl methyl sites for hydroxylation is 1. The van der Waals surface area contributed by atoms with Gasteiger partial charge in [-0.25, -0.2) is 0 Å². The Kier molecular flexibility index (Phi) is 5.12. The second-order valence-electron chi connectivity index (χ2n) is 5.98. The lowest BCUT2D eigenvalue weighted by Crippen LogP contribution is -2.46.